The second-order valence-electron chi connectivity index (χ2n) is 12.0. The highest BCUT2D eigenvalue weighted by molar-refractivity contribution is 7.15. The summed E-state index contributed by atoms with van der Waals surface area (Å²) in [5.74, 6) is -0.622. The van der Waals surface area contributed by atoms with Gasteiger partial charge in [-0.2, -0.15) is 5.26 Å². The van der Waals surface area contributed by atoms with E-state index in [-0.39, 0.29) is 5.92 Å². The van der Waals surface area contributed by atoms with Gasteiger partial charge in [0, 0.05) is 48.6 Å². The van der Waals surface area contributed by atoms with Crippen LogP contribution in [0.25, 0.3) is 44.3 Å². The first-order chi connectivity index (χ1) is 21.3. The summed E-state index contributed by atoms with van der Waals surface area (Å²) < 4.78 is 6.26. The molecule has 0 spiro atoms. The number of aromatic nitrogens is 2. The topological polar surface area (TPSA) is 106 Å². The first kappa shape index (κ1) is 28.4. The highest BCUT2D eigenvalue weighted by atomic mass is 32.1. The number of nitrogens with zero attached hydrogens (tertiary/aromatic N) is 5. The Morgan fingerprint density at radius 1 is 1.07 bits per heavy atom. The van der Waals surface area contributed by atoms with Gasteiger partial charge in [0.1, 0.15) is 16.6 Å². The first-order valence-corrected chi connectivity index (χ1v) is 15.8. The number of carboxylic acids is 1. The van der Waals surface area contributed by atoms with Crippen LogP contribution in [0.3, 0.4) is 0 Å². The van der Waals surface area contributed by atoms with Crippen molar-refractivity contribution in [2.45, 2.75) is 39.8 Å². The first-order valence-electron chi connectivity index (χ1n) is 14.9. The molecule has 1 saturated heterocycles. The molecule has 0 aliphatic carbocycles. The van der Waals surface area contributed by atoms with E-state index < -0.39 is 5.97 Å². The van der Waals surface area contributed by atoms with Crippen molar-refractivity contribution in [3.63, 3.8) is 0 Å². The zero-order valence-corrected chi connectivity index (χ0v) is 25.9. The number of carbonyl (C=O) groups is 1. The van der Waals surface area contributed by atoms with Crippen LogP contribution in [0, 0.1) is 31.1 Å². The molecule has 2 aromatic heterocycles. The SMILES string of the molecule is Cc1c(-c2nc3cc(CN4CC[C@@H](C(=O)O)C4)cc(C#N)c3o2)cccc1-c1cccc(-c2nc3c(s2)CN(C)CC3)c1C. The summed E-state index contributed by atoms with van der Waals surface area (Å²) >= 11 is 1.80. The number of likely N-dealkylation sites (N-methyl/N-ethyl adjacent to an activating group) is 1. The van der Waals surface area contributed by atoms with Crippen molar-refractivity contribution in [2.75, 3.05) is 26.7 Å². The van der Waals surface area contributed by atoms with E-state index in [9.17, 15) is 15.2 Å². The van der Waals surface area contributed by atoms with E-state index in [1.54, 1.807) is 11.3 Å². The van der Waals surface area contributed by atoms with Crippen LogP contribution in [0.4, 0.5) is 0 Å². The van der Waals surface area contributed by atoms with Crippen LogP contribution in [0.15, 0.2) is 52.9 Å². The lowest BCUT2D eigenvalue weighted by molar-refractivity contribution is -0.141. The number of hydrogen-bond donors (Lipinski definition) is 1. The van der Waals surface area contributed by atoms with Gasteiger partial charge in [-0.1, -0.05) is 30.3 Å². The van der Waals surface area contributed by atoms with Gasteiger partial charge in [-0.05, 0) is 79.9 Å². The molecule has 8 nitrogen and oxygen atoms in total. The molecule has 1 N–H and O–H groups in total. The predicted octanol–water partition coefficient (Wildman–Crippen LogP) is 6.67. The maximum absolute atomic E-state index is 11.4. The highest BCUT2D eigenvalue weighted by Gasteiger charge is 2.28. The predicted molar refractivity (Wildman–Crippen MR) is 171 cm³/mol. The zero-order valence-electron chi connectivity index (χ0n) is 25.1. The summed E-state index contributed by atoms with van der Waals surface area (Å²) in [7, 11) is 2.16. The monoisotopic (exact) mass is 603 g/mol. The average molecular weight is 604 g/mol. The Balaban J connectivity index is 1.22. The van der Waals surface area contributed by atoms with Crippen molar-refractivity contribution >= 4 is 28.4 Å². The van der Waals surface area contributed by atoms with Crippen molar-refractivity contribution in [3.05, 3.63) is 81.4 Å². The van der Waals surface area contributed by atoms with Crippen LogP contribution in [-0.2, 0) is 24.3 Å². The summed E-state index contributed by atoms with van der Waals surface area (Å²) in [6.45, 7) is 8.05. The van der Waals surface area contributed by atoms with Gasteiger partial charge in [-0.15, -0.1) is 11.3 Å². The quantitative estimate of drug-likeness (QED) is 0.229. The van der Waals surface area contributed by atoms with Crippen molar-refractivity contribution in [1.82, 2.24) is 19.8 Å². The lowest BCUT2D eigenvalue weighted by Gasteiger charge is -2.20. The molecule has 1 fully saturated rings. The molecule has 2 aliphatic rings. The highest BCUT2D eigenvalue weighted by Crippen LogP contribution is 2.39. The lowest BCUT2D eigenvalue weighted by atomic mass is 9.91. The second kappa shape index (κ2) is 11.3. The number of fused-ring (bicyclic) bond motifs is 2. The van der Waals surface area contributed by atoms with Crippen molar-refractivity contribution < 1.29 is 14.3 Å². The number of aliphatic carboxylic acids is 1. The Hall–Kier alpha value is -4.36. The van der Waals surface area contributed by atoms with Gasteiger partial charge >= 0.3 is 5.97 Å². The number of hydrogen-bond acceptors (Lipinski definition) is 8. The largest absolute Gasteiger partial charge is 0.481 e. The summed E-state index contributed by atoms with van der Waals surface area (Å²) in [5, 5.41) is 20.4. The molecule has 4 heterocycles. The molecular formula is C35H33N5O3S. The van der Waals surface area contributed by atoms with Crippen LogP contribution in [0.2, 0.25) is 0 Å². The van der Waals surface area contributed by atoms with Gasteiger partial charge in [0.25, 0.3) is 0 Å². The lowest BCUT2D eigenvalue weighted by Crippen LogP contribution is -2.25. The van der Waals surface area contributed by atoms with Gasteiger partial charge in [0.05, 0.1) is 17.2 Å². The van der Waals surface area contributed by atoms with Gasteiger partial charge in [-0.3, -0.25) is 9.69 Å². The van der Waals surface area contributed by atoms with Crippen molar-refractivity contribution in [2.24, 2.45) is 5.92 Å². The van der Waals surface area contributed by atoms with E-state index in [1.807, 2.05) is 24.3 Å². The van der Waals surface area contributed by atoms with Crippen LogP contribution in [0.5, 0.6) is 0 Å². The van der Waals surface area contributed by atoms with Crippen LogP contribution < -0.4 is 0 Å². The number of nitriles is 1. The molecule has 0 radical (unpaired) electrons. The minimum absolute atomic E-state index is 0.346. The minimum atomic E-state index is -0.753. The Morgan fingerprint density at radius 2 is 1.80 bits per heavy atom. The van der Waals surface area contributed by atoms with Gasteiger partial charge in [0.2, 0.25) is 5.89 Å². The molecule has 0 bridgehead atoms. The summed E-state index contributed by atoms with van der Waals surface area (Å²) in [5.41, 5.74) is 10.2. The molecule has 0 unspecified atom stereocenters. The van der Waals surface area contributed by atoms with E-state index in [0.29, 0.717) is 42.1 Å². The summed E-state index contributed by atoms with van der Waals surface area (Å²) in [6.07, 6.45) is 1.63. The number of rotatable bonds is 6. The van der Waals surface area contributed by atoms with E-state index >= 15 is 0 Å². The molecule has 7 rings (SSSR count). The fourth-order valence-corrected chi connectivity index (χ4v) is 7.84. The standard InChI is InChI=1S/C35H33N5O3S/c1-20-25(26-7-5-9-28(21(26)2)34-38-29-11-12-39(3)19-31(29)44-34)6-4-8-27(20)33-37-30-15-22(14-24(16-36)32(30)43-33)17-40-13-10-23(18-40)35(41)42/h4-9,14-15,23H,10-13,17-19H2,1-3H3,(H,41,42)/t23-/m1/s1. The molecule has 222 valence electrons. The maximum Gasteiger partial charge on any atom is 0.307 e. The van der Waals surface area contributed by atoms with Crippen LogP contribution in [0.1, 0.15) is 39.2 Å². The fourth-order valence-electron chi connectivity index (χ4n) is 6.57. The molecule has 0 saturated carbocycles. The molecule has 9 heteroatoms. The number of likely N-dealkylation sites (tertiary alicyclic amines) is 1. The molecule has 1 atom stereocenters. The Bertz CT molecular complexity index is 1970. The van der Waals surface area contributed by atoms with Crippen LogP contribution >= 0.6 is 11.3 Å². The van der Waals surface area contributed by atoms with Crippen molar-refractivity contribution in [1.29, 1.82) is 5.26 Å². The number of benzene rings is 3. The third kappa shape index (κ3) is 5.09. The molecule has 5 aromatic rings. The van der Waals surface area contributed by atoms with Gasteiger partial charge in [-0.25, -0.2) is 9.97 Å². The summed E-state index contributed by atoms with van der Waals surface area (Å²) in [6, 6.07) is 18.7. The number of thiazole rings is 1. The smallest absolute Gasteiger partial charge is 0.307 e. The van der Waals surface area contributed by atoms with Gasteiger partial charge < -0.3 is 14.4 Å². The Labute approximate surface area is 260 Å². The maximum atomic E-state index is 11.4. The minimum Gasteiger partial charge on any atom is -0.481 e. The zero-order chi connectivity index (χ0) is 30.5. The fraction of sp³-hybridized carbons (Fsp3) is 0.314. The van der Waals surface area contributed by atoms with E-state index in [1.165, 1.54) is 16.1 Å². The number of oxazole rings is 1. The van der Waals surface area contributed by atoms with Crippen molar-refractivity contribution in [3.8, 4) is 39.2 Å². The van der Waals surface area contributed by atoms with Gasteiger partial charge in [0.15, 0.2) is 5.58 Å². The molecule has 2 aliphatic heterocycles. The Morgan fingerprint density at radius 3 is 2.52 bits per heavy atom. The van der Waals surface area contributed by atoms with E-state index in [0.717, 1.165) is 64.4 Å². The van der Waals surface area contributed by atoms with E-state index in [4.69, 9.17) is 14.4 Å². The normalized spacial score (nSPS) is 17.2. The number of carboxylic acid groups (broad SMARTS) is 1. The van der Waals surface area contributed by atoms with Crippen LogP contribution in [-0.4, -0.2) is 57.5 Å². The third-order valence-corrected chi connectivity index (χ3v) is 10.2. The summed E-state index contributed by atoms with van der Waals surface area (Å²) in [4.78, 5) is 27.1. The molecule has 0 amide bonds. The molecule has 44 heavy (non-hydrogen) atoms. The Kier molecular flexibility index (Phi) is 7.29. The average Bonchev–Trinajstić information content (AvgIpc) is 3.75. The third-order valence-electron chi connectivity index (χ3n) is 9.04. The molecule has 3 aromatic carbocycles. The second-order valence-corrected chi connectivity index (χ2v) is 13.1. The van der Waals surface area contributed by atoms with E-state index in [2.05, 4.69) is 61.0 Å². The molecular weight excluding hydrogens is 570 g/mol.